The molecule has 0 aromatic heterocycles. The Balaban J connectivity index is 2.30. The van der Waals surface area contributed by atoms with E-state index in [-0.39, 0.29) is 25.4 Å². The highest BCUT2D eigenvalue weighted by Gasteiger charge is 2.36. The normalized spacial score (nSPS) is 13.0. The Kier molecular flexibility index (Phi) is 6.29. The van der Waals surface area contributed by atoms with Gasteiger partial charge in [0.1, 0.15) is 0 Å². The van der Waals surface area contributed by atoms with Gasteiger partial charge in [0.2, 0.25) is 5.91 Å². The topological polar surface area (TPSA) is 64.3 Å². The lowest BCUT2D eigenvalue weighted by Crippen LogP contribution is -2.29. The molecule has 1 aromatic carbocycles. The second-order valence-electron chi connectivity index (χ2n) is 4.44. The number of ether oxygens (including phenoxy) is 1. The number of rotatable bonds is 6. The third-order valence-electron chi connectivity index (χ3n) is 2.66. The summed E-state index contributed by atoms with van der Waals surface area (Å²) < 4.78 is 41.1. The average molecular weight is 325 g/mol. The zero-order valence-electron chi connectivity index (χ0n) is 11.3. The standard InChI is InChI=1S/C13H16ClF3N2O2/c1-8(13(15,16)17)21-6-2-3-12(20)19-9-4-5-10(14)11(18)7-9/h4-5,7-8H,2-3,6,18H2,1H3,(H,19,20). The zero-order chi connectivity index (χ0) is 16.0. The van der Waals surface area contributed by atoms with Crippen molar-refractivity contribution < 1.29 is 22.7 Å². The second kappa shape index (κ2) is 7.51. The van der Waals surface area contributed by atoms with Gasteiger partial charge in [0.25, 0.3) is 0 Å². The predicted octanol–water partition coefficient (Wildman–Crippen LogP) is 3.61. The van der Waals surface area contributed by atoms with Gasteiger partial charge in [-0.2, -0.15) is 13.2 Å². The number of amides is 1. The fourth-order valence-corrected chi connectivity index (χ4v) is 1.55. The molecule has 21 heavy (non-hydrogen) atoms. The van der Waals surface area contributed by atoms with Crippen molar-refractivity contribution in [2.75, 3.05) is 17.7 Å². The number of anilines is 2. The van der Waals surface area contributed by atoms with Crippen LogP contribution in [0.5, 0.6) is 0 Å². The third kappa shape index (κ3) is 6.22. The zero-order valence-corrected chi connectivity index (χ0v) is 12.1. The van der Waals surface area contributed by atoms with Gasteiger partial charge in [-0.1, -0.05) is 11.6 Å². The minimum absolute atomic E-state index is 0.0487. The van der Waals surface area contributed by atoms with Crippen molar-refractivity contribution >= 4 is 28.9 Å². The lowest BCUT2D eigenvalue weighted by Gasteiger charge is -2.16. The largest absolute Gasteiger partial charge is 0.414 e. The predicted molar refractivity (Wildman–Crippen MR) is 75.2 cm³/mol. The van der Waals surface area contributed by atoms with Crippen molar-refractivity contribution in [3.05, 3.63) is 23.2 Å². The minimum Gasteiger partial charge on any atom is -0.397 e. The molecule has 3 N–H and O–H groups in total. The van der Waals surface area contributed by atoms with Gasteiger partial charge in [-0.05, 0) is 31.5 Å². The molecule has 1 aromatic rings. The molecule has 0 radical (unpaired) electrons. The molecule has 1 rings (SSSR count). The summed E-state index contributed by atoms with van der Waals surface area (Å²) in [7, 11) is 0. The Bertz CT molecular complexity index is 495. The Morgan fingerprint density at radius 1 is 1.48 bits per heavy atom. The molecule has 8 heteroatoms. The average Bonchev–Trinajstić information content (AvgIpc) is 2.37. The van der Waals surface area contributed by atoms with E-state index in [1.54, 1.807) is 12.1 Å². The molecule has 118 valence electrons. The second-order valence-corrected chi connectivity index (χ2v) is 4.85. The van der Waals surface area contributed by atoms with Crippen LogP contribution in [0, 0.1) is 0 Å². The Morgan fingerprint density at radius 2 is 2.14 bits per heavy atom. The number of carbonyl (C=O) groups excluding carboxylic acids is 1. The van der Waals surface area contributed by atoms with Crippen LogP contribution >= 0.6 is 11.6 Å². The van der Waals surface area contributed by atoms with Gasteiger partial charge in [0, 0.05) is 18.7 Å². The van der Waals surface area contributed by atoms with Crippen LogP contribution in [0.25, 0.3) is 0 Å². The van der Waals surface area contributed by atoms with E-state index < -0.39 is 12.3 Å². The molecule has 0 bridgehead atoms. The quantitative estimate of drug-likeness (QED) is 0.620. The van der Waals surface area contributed by atoms with Crippen LogP contribution in [0.15, 0.2) is 18.2 Å². The van der Waals surface area contributed by atoms with E-state index in [1.165, 1.54) is 6.07 Å². The van der Waals surface area contributed by atoms with Crippen molar-refractivity contribution in [2.24, 2.45) is 0 Å². The number of alkyl halides is 3. The number of carbonyl (C=O) groups is 1. The van der Waals surface area contributed by atoms with E-state index in [1.807, 2.05) is 0 Å². The summed E-state index contributed by atoms with van der Waals surface area (Å²) in [6.45, 7) is 0.785. The van der Waals surface area contributed by atoms with Gasteiger partial charge in [0.05, 0.1) is 10.7 Å². The molecule has 0 aliphatic rings. The van der Waals surface area contributed by atoms with Crippen molar-refractivity contribution in [1.29, 1.82) is 0 Å². The summed E-state index contributed by atoms with van der Waals surface area (Å²) in [6.07, 6.45) is -5.98. The summed E-state index contributed by atoms with van der Waals surface area (Å²) in [5.74, 6) is -0.333. The molecule has 0 saturated carbocycles. The maximum atomic E-state index is 12.2. The molecule has 0 aliphatic carbocycles. The van der Waals surface area contributed by atoms with Gasteiger partial charge < -0.3 is 15.8 Å². The van der Waals surface area contributed by atoms with Crippen LogP contribution in [0.1, 0.15) is 19.8 Å². The fraction of sp³-hybridized carbons (Fsp3) is 0.462. The first-order valence-corrected chi connectivity index (χ1v) is 6.61. The molecule has 1 amide bonds. The van der Waals surface area contributed by atoms with E-state index >= 15 is 0 Å². The van der Waals surface area contributed by atoms with Crippen LogP contribution in [0.2, 0.25) is 5.02 Å². The maximum absolute atomic E-state index is 12.2. The summed E-state index contributed by atoms with van der Waals surface area (Å²) in [5.41, 5.74) is 6.39. The van der Waals surface area contributed by atoms with Crippen molar-refractivity contribution in [3.8, 4) is 0 Å². The lowest BCUT2D eigenvalue weighted by molar-refractivity contribution is -0.214. The highest BCUT2D eigenvalue weighted by molar-refractivity contribution is 6.33. The van der Waals surface area contributed by atoms with E-state index in [9.17, 15) is 18.0 Å². The Labute approximate surface area is 125 Å². The molecule has 0 aliphatic heterocycles. The first-order valence-electron chi connectivity index (χ1n) is 6.23. The highest BCUT2D eigenvalue weighted by atomic mass is 35.5. The number of hydrogen-bond donors (Lipinski definition) is 2. The molecule has 0 saturated heterocycles. The van der Waals surface area contributed by atoms with Crippen LogP contribution < -0.4 is 11.1 Å². The van der Waals surface area contributed by atoms with Gasteiger partial charge in [0.15, 0.2) is 6.10 Å². The molecule has 4 nitrogen and oxygen atoms in total. The van der Waals surface area contributed by atoms with Gasteiger partial charge in [-0.3, -0.25) is 4.79 Å². The van der Waals surface area contributed by atoms with E-state index in [0.717, 1.165) is 6.92 Å². The van der Waals surface area contributed by atoms with Crippen LogP contribution in [0.4, 0.5) is 24.5 Å². The van der Waals surface area contributed by atoms with Crippen LogP contribution in [-0.4, -0.2) is 24.8 Å². The number of hydrogen-bond acceptors (Lipinski definition) is 3. The molecule has 1 unspecified atom stereocenters. The first kappa shape index (κ1) is 17.6. The maximum Gasteiger partial charge on any atom is 0.414 e. The van der Waals surface area contributed by atoms with Crippen LogP contribution in [0.3, 0.4) is 0 Å². The fourth-order valence-electron chi connectivity index (χ4n) is 1.43. The third-order valence-corrected chi connectivity index (χ3v) is 3.00. The Hall–Kier alpha value is -1.47. The van der Waals surface area contributed by atoms with Crippen LogP contribution in [-0.2, 0) is 9.53 Å². The first-order chi connectivity index (χ1) is 9.70. The smallest absolute Gasteiger partial charge is 0.397 e. The number of benzene rings is 1. The van der Waals surface area contributed by atoms with Crippen molar-refractivity contribution in [1.82, 2.24) is 0 Å². The minimum atomic E-state index is -4.39. The van der Waals surface area contributed by atoms with Crippen molar-refractivity contribution in [2.45, 2.75) is 32.0 Å². The number of nitrogen functional groups attached to an aromatic ring is 1. The number of nitrogens with one attached hydrogen (secondary N) is 1. The molecule has 0 fully saturated rings. The molecular weight excluding hydrogens is 309 g/mol. The summed E-state index contributed by atoms with van der Waals surface area (Å²) >= 11 is 5.74. The van der Waals surface area contributed by atoms with E-state index in [0.29, 0.717) is 16.4 Å². The van der Waals surface area contributed by atoms with Gasteiger partial charge in [-0.15, -0.1) is 0 Å². The van der Waals surface area contributed by atoms with Gasteiger partial charge in [-0.25, -0.2) is 0 Å². The number of halogens is 4. The SMILES string of the molecule is CC(OCCCC(=O)Nc1ccc(Cl)c(N)c1)C(F)(F)F. The highest BCUT2D eigenvalue weighted by Crippen LogP contribution is 2.23. The summed E-state index contributed by atoms with van der Waals surface area (Å²) in [6, 6.07) is 4.63. The lowest BCUT2D eigenvalue weighted by atomic mass is 10.2. The molecular formula is C13H16ClF3N2O2. The molecule has 1 atom stereocenters. The van der Waals surface area contributed by atoms with Gasteiger partial charge >= 0.3 is 6.18 Å². The van der Waals surface area contributed by atoms with E-state index in [2.05, 4.69) is 10.1 Å². The van der Waals surface area contributed by atoms with E-state index in [4.69, 9.17) is 17.3 Å². The molecule has 0 heterocycles. The molecule has 0 spiro atoms. The Morgan fingerprint density at radius 3 is 2.71 bits per heavy atom. The van der Waals surface area contributed by atoms with Crippen molar-refractivity contribution in [3.63, 3.8) is 0 Å². The monoisotopic (exact) mass is 324 g/mol. The number of nitrogens with two attached hydrogens (primary N) is 1. The summed E-state index contributed by atoms with van der Waals surface area (Å²) in [4.78, 5) is 11.6. The summed E-state index contributed by atoms with van der Waals surface area (Å²) in [5, 5.41) is 2.95.